The lowest BCUT2D eigenvalue weighted by molar-refractivity contribution is -0.137. The summed E-state index contributed by atoms with van der Waals surface area (Å²) in [6, 6.07) is 9.77. The largest absolute Gasteiger partial charge is 0.385 e. The highest BCUT2D eigenvalue weighted by Crippen LogP contribution is 2.39. The summed E-state index contributed by atoms with van der Waals surface area (Å²) in [5.74, 6) is -0.213. The van der Waals surface area contributed by atoms with E-state index in [1.165, 1.54) is 0 Å². The van der Waals surface area contributed by atoms with Gasteiger partial charge in [0.15, 0.2) is 0 Å². The topological polar surface area (TPSA) is 85.4 Å². The third-order valence-electron chi connectivity index (χ3n) is 6.01. The van der Waals surface area contributed by atoms with Gasteiger partial charge in [-0.1, -0.05) is 18.2 Å². The van der Waals surface area contributed by atoms with Crippen LogP contribution in [-0.2, 0) is 14.3 Å². The van der Waals surface area contributed by atoms with Gasteiger partial charge in [0.2, 0.25) is 5.91 Å². The van der Waals surface area contributed by atoms with Crippen LogP contribution in [0.2, 0.25) is 0 Å². The summed E-state index contributed by atoms with van der Waals surface area (Å²) < 4.78 is 5.00. The van der Waals surface area contributed by atoms with Gasteiger partial charge in [-0.05, 0) is 31.4 Å². The molecule has 0 aliphatic carbocycles. The number of carbonyl (C=O) groups excluding carboxylic acids is 3. The van der Waals surface area contributed by atoms with E-state index >= 15 is 0 Å². The Balaban J connectivity index is 1.74. The van der Waals surface area contributed by atoms with Gasteiger partial charge in [-0.3, -0.25) is 9.59 Å². The molecular weight excluding hydrogens is 398 g/mol. The van der Waals surface area contributed by atoms with Gasteiger partial charge in [-0.15, -0.1) is 0 Å². The first-order valence-corrected chi connectivity index (χ1v) is 10.7. The number of rotatable bonds is 7. The zero-order valence-electron chi connectivity index (χ0n) is 18.7. The number of piperidine rings is 1. The molecule has 0 aromatic heterocycles. The first-order valence-electron chi connectivity index (χ1n) is 10.7. The predicted octanol–water partition coefficient (Wildman–Crippen LogP) is 0.962. The van der Waals surface area contributed by atoms with Gasteiger partial charge in [0.1, 0.15) is 12.1 Å². The van der Waals surface area contributed by atoms with Crippen molar-refractivity contribution in [3.8, 4) is 0 Å². The van der Waals surface area contributed by atoms with Crippen molar-refractivity contribution in [1.82, 2.24) is 20.0 Å². The molecule has 0 bridgehead atoms. The summed E-state index contributed by atoms with van der Waals surface area (Å²) in [6.45, 7) is 2.49. The number of ether oxygens (including phenoxy) is 1. The van der Waals surface area contributed by atoms with Crippen molar-refractivity contribution in [3.05, 3.63) is 30.3 Å². The van der Waals surface area contributed by atoms with E-state index < -0.39 is 5.54 Å². The van der Waals surface area contributed by atoms with E-state index in [-0.39, 0.29) is 24.4 Å². The van der Waals surface area contributed by atoms with Gasteiger partial charge in [0.25, 0.3) is 5.91 Å². The first kappa shape index (κ1) is 22.9. The van der Waals surface area contributed by atoms with E-state index in [1.54, 1.807) is 35.9 Å². The molecule has 9 heteroatoms. The molecule has 2 aliphatic heterocycles. The zero-order chi connectivity index (χ0) is 22.4. The van der Waals surface area contributed by atoms with Gasteiger partial charge >= 0.3 is 6.03 Å². The minimum absolute atomic E-state index is 0.0250. The predicted molar refractivity (Wildman–Crippen MR) is 118 cm³/mol. The minimum Gasteiger partial charge on any atom is -0.385 e. The van der Waals surface area contributed by atoms with E-state index in [4.69, 9.17) is 4.74 Å². The van der Waals surface area contributed by atoms with Crippen LogP contribution in [0.3, 0.4) is 0 Å². The molecule has 0 radical (unpaired) electrons. The Morgan fingerprint density at radius 2 is 1.84 bits per heavy atom. The molecular formula is C22H33N5O4. The Hall–Kier alpha value is -2.81. The number of hydrogen-bond acceptors (Lipinski definition) is 5. The lowest BCUT2D eigenvalue weighted by Crippen LogP contribution is -2.58. The summed E-state index contributed by atoms with van der Waals surface area (Å²) in [5.41, 5.74) is 0.215. The molecule has 1 aromatic rings. The van der Waals surface area contributed by atoms with Crippen LogP contribution in [0.5, 0.6) is 0 Å². The molecule has 2 aliphatic rings. The number of nitrogens with one attached hydrogen (secondary N) is 1. The van der Waals surface area contributed by atoms with Gasteiger partial charge in [-0.2, -0.15) is 0 Å². The summed E-state index contributed by atoms with van der Waals surface area (Å²) in [4.78, 5) is 45.4. The quantitative estimate of drug-likeness (QED) is 0.650. The molecule has 2 saturated heterocycles. The molecule has 1 aromatic carbocycles. The number of amides is 4. The number of likely N-dealkylation sites (tertiary alicyclic amines) is 1. The maximum atomic E-state index is 13.6. The van der Waals surface area contributed by atoms with Gasteiger partial charge in [0, 0.05) is 53.1 Å². The molecule has 0 unspecified atom stereocenters. The van der Waals surface area contributed by atoms with Gasteiger partial charge in [-0.25, -0.2) is 4.79 Å². The first-order chi connectivity index (χ1) is 14.9. The van der Waals surface area contributed by atoms with Gasteiger partial charge in [0.05, 0.1) is 6.67 Å². The van der Waals surface area contributed by atoms with Crippen molar-refractivity contribution in [2.45, 2.75) is 24.8 Å². The monoisotopic (exact) mass is 431 g/mol. The average Bonchev–Trinajstić information content (AvgIpc) is 3.03. The van der Waals surface area contributed by atoms with Crippen molar-refractivity contribution in [2.75, 3.05) is 65.6 Å². The van der Waals surface area contributed by atoms with Crippen LogP contribution < -0.4 is 10.2 Å². The smallest absolute Gasteiger partial charge is 0.319 e. The Bertz CT molecular complexity index is 777. The lowest BCUT2D eigenvalue weighted by Gasteiger charge is -2.43. The molecule has 1 spiro atoms. The third kappa shape index (κ3) is 4.92. The SMILES string of the molecule is COCCCNC(=O)CN1CN(c2ccccc2)C2(CCN(C(=O)N(C)C)CC2)C1=O. The Morgan fingerprint density at radius 3 is 2.45 bits per heavy atom. The highest BCUT2D eigenvalue weighted by molar-refractivity contribution is 5.96. The molecule has 2 fully saturated rings. The number of para-hydroxylation sites is 1. The van der Waals surface area contributed by atoms with Gasteiger partial charge < -0.3 is 29.7 Å². The van der Waals surface area contributed by atoms with Crippen LogP contribution >= 0.6 is 0 Å². The normalized spacial score (nSPS) is 17.9. The van der Waals surface area contributed by atoms with Crippen molar-refractivity contribution in [1.29, 1.82) is 0 Å². The van der Waals surface area contributed by atoms with Crippen LogP contribution in [-0.4, -0.2) is 98.7 Å². The summed E-state index contributed by atoms with van der Waals surface area (Å²) in [6.07, 6.45) is 1.80. The lowest BCUT2D eigenvalue weighted by atomic mass is 9.85. The summed E-state index contributed by atoms with van der Waals surface area (Å²) >= 11 is 0. The van der Waals surface area contributed by atoms with E-state index in [1.807, 2.05) is 30.3 Å². The van der Waals surface area contributed by atoms with Crippen LogP contribution in [0, 0.1) is 0 Å². The number of anilines is 1. The summed E-state index contributed by atoms with van der Waals surface area (Å²) in [7, 11) is 5.09. The molecule has 9 nitrogen and oxygen atoms in total. The second-order valence-electron chi connectivity index (χ2n) is 8.30. The average molecular weight is 432 g/mol. The molecule has 0 atom stereocenters. The number of urea groups is 1. The second-order valence-corrected chi connectivity index (χ2v) is 8.30. The van der Waals surface area contributed by atoms with Crippen molar-refractivity contribution < 1.29 is 19.1 Å². The van der Waals surface area contributed by atoms with Crippen LogP contribution in [0.4, 0.5) is 10.5 Å². The van der Waals surface area contributed by atoms with E-state index in [0.29, 0.717) is 45.8 Å². The fourth-order valence-corrected chi connectivity index (χ4v) is 4.35. The number of hydrogen-bond donors (Lipinski definition) is 1. The number of nitrogens with zero attached hydrogens (tertiary/aromatic N) is 4. The second kappa shape index (κ2) is 10.00. The molecule has 31 heavy (non-hydrogen) atoms. The zero-order valence-corrected chi connectivity index (χ0v) is 18.7. The molecule has 3 rings (SSSR count). The minimum atomic E-state index is -0.735. The van der Waals surface area contributed by atoms with Crippen LogP contribution in [0.25, 0.3) is 0 Å². The van der Waals surface area contributed by atoms with Crippen LogP contribution in [0.1, 0.15) is 19.3 Å². The highest BCUT2D eigenvalue weighted by atomic mass is 16.5. The Morgan fingerprint density at radius 1 is 1.16 bits per heavy atom. The number of carbonyl (C=O) groups is 3. The molecule has 2 heterocycles. The standard InChI is InChI=1S/C22H33N5O4/c1-24(2)21(30)25-13-10-22(11-14-25)20(29)26(16-19(28)23-12-7-15-31-3)17-27(22)18-8-5-4-6-9-18/h4-6,8-9H,7,10-17H2,1-3H3,(H,23,28). The fourth-order valence-electron chi connectivity index (χ4n) is 4.35. The molecule has 4 amide bonds. The van der Waals surface area contributed by atoms with Crippen molar-refractivity contribution >= 4 is 23.5 Å². The summed E-state index contributed by atoms with van der Waals surface area (Å²) in [5, 5.41) is 2.86. The van der Waals surface area contributed by atoms with Crippen LogP contribution in [0.15, 0.2) is 30.3 Å². The maximum Gasteiger partial charge on any atom is 0.319 e. The molecule has 0 saturated carbocycles. The maximum absolute atomic E-state index is 13.6. The highest BCUT2D eigenvalue weighted by Gasteiger charge is 2.54. The number of methoxy groups -OCH3 is 1. The molecule has 170 valence electrons. The third-order valence-corrected chi connectivity index (χ3v) is 6.01. The molecule has 1 N–H and O–H groups in total. The van der Waals surface area contributed by atoms with E-state index in [0.717, 1.165) is 12.1 Å². The van der Waals surface area contributed by atoms with Crippen molar-refractivity contribution in [3.63, 3.8) is 0 Å². The van der Waals surface area contributed by atoms with E-state index in [9.17, 15) is 14.4 Å². The Kier molecular flexibility index (Phi) is 7.37. The van der Waals surface area contributed by atoms with Crippen molar-refractivity contribution in [2.24, 2.45) is 0 Å². The Labute approximate surface area is 183 Å². The van der Waals surface area contributed by atoms with E-state index in [2.05, 4.69) is 10.2 Å². The number of benzene rings is 1. The fraction of sp³-hybridized carbons (Fsp3) is 0.591.